The molecule has 8 heteroatoms. The van der Waals surface area contributed by atoms with Crippen LogP contribution in [0.1, 0.15) is 24.4 Å². The molecule has 2 aromatic carbocycles. The predicted molar refractivity (Wildman–Crippen MR) is 118 cm³/mol. The van der Waals surface area contributed by atoms with Crippen molar-refractivity contribution in [2.24, 2.45) is 0 Å². The van der Waals surface area contributed by atoms with E-state index in [2.05, 4.69) is 21.1 Å². The molecule has 2 heterocycles. The third-order valence-corrected chi connectivity index (χ3v) is 5.61. The summed E-state index contributed by atoms with van der Waals surface area (Å²) in [5.41, 5.74) is 1.85. The topological polar surface area (TPSA) is 95.5 Å². The van der Waals surface area contributed by atoms with Gasteiger partial charge in [-0.15, -0.1) is 0 Å². The molecule has 1 amide bonds. The number of ether oxygens (including phenoxy) is 1. The van der Waals surface area contributed by atoms with E-state index < -0.39 is 0 Å². The molecule has 0 aliphatic carbocycles. The van der Waals surface area contributed by atoms with Crippen LogP contribution in [0.15, 0.2) is 59.1 Å². The lowest BCUT2D eigenvalue weighted by Gasteiger charge is -2.36. The lowest BCUT2D eigenvalue weighted by molar-refractivity contribution is -0.135. The van der Waals surface area contributed by atoms with Crippen LogP contribution in [0.3, 0.4) is 0 Å². The number of carbonyl (C=O) groups excluding carboxylic acids is 1. The van der Waals surface area contributed by atoms with Crippen LogP contribution >= 0.6 is 0 Å². The molecule has 0 bridgehead atoms. The molecule has 1 saturated heterocycles. The number of nitriles is 1. The maximum Gasteiger partial charge on any atom is 0.260 e. The molecule has 1 aliphatic heterocycles. The van der Waals surface area contributed by atoms with Crippen LogP contribution in [0.4, 0.5) is 0 Å². The second-order valence-electron chi connectivity index (χ2n) is 7.68. The molecule has 4 rings (SSSR count). The molecule has 0 N–H and O–H groups in total. The Balaban J connectivity index is 1.26. The van der Waals surface area contributed by atoms with E-state index in [1.807, 2.05) is 54.3 Å². The summed E-state index contributed by atoms with van der Waals surface area (Å²) in [6.07, 6.45) is 0.360. The van der Waals surface area contributed by atoms with Gasteiger partial charge in [0.2, 0.25) is 11.7 Å². The Morgan fingerprint density at radius 1 is 1.12 bits per heavy atom. The number of aromatic nitrogens is 2. The molecule has 1 aromatic heterocycles. The van der Waals surface area contributed by atoms with Crippen molar-refractivity contribution in [1.29, 1.82) is 5.26 Å². The van der Waals surface area contributed by atoms with Crippen LogP contribution in [-0.4, -0.2) is 58.6 Å². The monoisotopic (exact) mass is 431 g/mol. The van der Waals surface area contributed by atoms with E-state index in [0.717, 1.165) is 24.2 Å². The van der Waals surface area contributed by atoms with Gasteiger partial charge in [0.1, 0.15) is 5.75 Å². The highest BCUT2D eigenvalue weighted by atomic mass is 16.5. The number of hydrogen-bond donors (Lipinski definition) is 0. The molecular weight excluding hydrogens is 406 g/mol. The quantitative estimate of drug-likeness (QED) is 0.567. The van der Waals surface area contributed by atoms with Gasteiger partial charge in [-0.05, 0) is 24.6 Å². The summed E-state index contributed by atoms with van der Waals surface area (Å²) in [6.45, 7) is 4.72. The van der Waals surface area contributed by atoms with Crippen LogP contribution in [0.25, 0.3) is 11.4 Å². The summed E-state index contributed by atoms with van der Waals surface area (Å²) in [5.74, 6) is 1.74. The van der Waals surface area contributed by atoms with Gasteiger partial charge in [-0.1, -0.05) is 47.6 Å². The number of rotatable bonds is 7. The van der Waals surface area contributed by atoms with E-state index >= 15 is 0 Å². The maximum absolute atomic E-state index is 12.5. The van der Waals surface area contributed by atoms with E-state index in [-0.39, 0.29) is 18.6 Å². The first-order valence-electron chi connectivity index (χ1n) is 10.6. The zero-order valence-electron chi connectivity index (χ0n) is 18.0. The van der Waals surface area contributed by atoms with E-state index in [9.17, 15) is 4.79 Å². The molecule has 164 valence electrons. The SMILES string of the molecule is CC(c1nc(-c2ccccc2)no1)N1CCN(C(=O)COc2ccc(CC#N)cc2)CC1. The standard InChI is InChI=1S/C24H25N5O3/c1-18(24-26-23(27-32-24)20-5-3-2-4-6-20)28-13-15-29(16-14-28)22(30)17-31-21-9-7-19(8-10-21)11-12-25/h2-10,18H,11,13-17H2,1H3. The molecule has 1 unspecified atom stereocenters. The number of benzene rings is 2. The van der Waals surface area contributed by atoms with Crippen molar-refractivity contribution in [3.8, 4) is 23.2 Å². The normalized spacial score (nSPS) is 15.2. The Kier molecular flexibility index (Phi) is 6.78. The van der Waals surface area contributed by atoms with Crippen molar-refractivity contribution < 1.29 is 14.1 Å². The predicted octanol–water partition coefficient (Wildman–Crippen LogP) is 3.09. The van der Waals surface area contributed by atoms with E-state index in [0.29, 0.717) is 37.0 Å². The number of carbonyl (C=O) groups is 1. The van der Waals surface area contributed by atoms with Gasteiger partial charge in [0.25, 0.3) is 5.91 Å². The molecule has 3 aromatic rings. The first-order chi connectivity index (χ1) is 15.6. The largest absolute Gasteiger partial charge is 0.484 e. The zero-order chi connectivity index (χ0) is 22.3. The van der Waals surface area contributed by atoms with E-state index in [1.165, 1.54) is 0 Å². The Labute approximate surface area is 187 Å². The third kappa shape index (κ3) is 5.13. The average molecular weight is 431 g/mol. The summed E-state index contributed by atoms with van der Waals surface area (Å²) >= 11 is 0. The first kappa shape index (κ1) is 21.5. The molecule has 1 atom stereocenters. The van der Waals surface area contributed by atoms with Crippen molar-refractivity contribution >= 4 is 5.91 Å². The van der Waals surface area contributed by atoms with Crippen LogP contribution in [0, 0.1) is 11.3 Å². The minimum Gasteiger partial charge on any atom is -0.484 e. The van der Waals surface area contributed by atoms with Crippen LogP contribution < -0.4 is 4.74 Å². The van der Waals surface area contributed by atoms with Gasteiger partial charge < -0.3 is 14.2 Å². The number of hydrogen-bond acceptors (Lipinski definition) is 7. The van der Waals surface area contributed by atoms with Gasteiger partial charge in [0, 0.05) is 31.7 Å². The smallest absolute Gasteiger partial charge is 0.260 e. The highest BCUT2D eigenvalue weighted by Gasteiger charge is 2.28. The summed E-state index contributed by atoms with van der Waals surface area (Å²) in [7, 11) is 0. The van der Waals surface area contributed by atoms with E-state index in [4.69, 9.17) is 14.5 Å². The van der Waals surface area contributed by atoms with Crippen molar-refractivity contribution in [2.75, 3.05) is 32.8 Å². The minimum atomic E-state index is -0.0393. The molecule has 8 nitrogen and oxygen atoms in total. The number of piperazine rings is 1. The van der Waals surface area contributed by atoms with Crippen LogP contribution in [-0.2, 0) is 11.2 Å². The highest BCUT2D eigenvalue weighted by molar-refractivity contribution is 5.77. The first-order valence-corrected chi connectivity index (χ1v) is 10.6. The highest BCUT2D eigenvalue weighted by Crippen LogP contribution is 2.23. The molecule has 1 aliphatic rings. The second-order valence-corrected chi connectivity index (χ2v) is 7.68. The third-order valence-electron chi connectivity index (χ3n) is 5.61. The lowest BCUT2D eigenvalue weighted by Crippen LogP contribution is -2.50. The molecular formula is C24H25N5O3. The Hall–Kier alpha value is -3.70. The zero-order valence-corrected chi connectivity index (χ0v) is 18.0. The van der Waals surface area contributed by atoms with Gasteiger partial charge in [-0.3, -0.25) is 9.69 Å². The van der Waals surface area contributed by atoms with Crippen molar-refractivity contribution in [2.45, 2.75) is 19.4 Å². The molecule has 32 heavy (non-hydrogen) atoms. The summed E-state index contributed by atoms with van der Waals surface area (Å²) < 4.78 is 11.1. The van der Waals surface area contributed by atoms with Gasteiger partial charge in [-0.25, -0.2) is 0 Å². The lowest BCUT2D eigenvalue weighted by atomic mass is 10.2. The van der Waals surface area contributed by atoms with Gasteiger partial charge in [-0.2, -0.15) is 10.2 Å². The molecule has 0 radical (unpaired) electrons. The van der Waals surface area contributed by atoms with Crippen LogP contribution in [0.2, 0.25) is 0 Å². The molecule has 0 saturated carbocycles. The fraction of sp³-hybridized carbons (Fsp3) is 0.333. The number of nitrogens with zero attached hydrogens (tertiary/aromatic N) is 5. The second kappa shape index (κ2) is 10.1. The average Bonchev–Trinajstić information content (AvgIpc) is 3.34. The summed E-state index contributed by atoms with van der Waals surface area (Å²) in [6, 6.07) is 19.1. The van der Waals surface area contributed by atoms with Gasteiger partial charge in [0.05, 0.1) is 18.5 Å². The van der Waals surface area contributed by atoms with Crippen molar-refractivity contribution in [3.05, 3.63) is 66.1 Å². The van der Waals surface area contributed by atoms with Crippen molar-refractivity contribution in [3.63, 3.8) is 0 Å². The van der Waals surface area contributed by atoms with Crippen molar-refractivity contribution in [1.82, 2.24) is 19.9 Å². The fourth-order valence-corrected chi connectivity index (χ4v) is 3.66. The van der Waals surface area contributed by atoms with Gasteiger partial charge in [0.15, 0.2) is 6.61 Å². The molecule has 0 spiro atoms. The van der Waals surface area contributed by atoms with E-state index in [1.54, 1.807) is 12.1 Å². The van der Waals surface area contributed by atoms with Gasteiger partial charge >= 0.3 is 0 Å². The Morgan fingerprint density at radius 3 is 2.53 bits per heavy atom. The summed E-state index contributed by atoms with van der Waals surface area (Å²) in [5, 5.41) is 12.8. The fourth-order valence-electron chi connectivity index (χ4n) is 3.66. The maximum atomic E-state index is 12.5. The minimum absolute atomic E-state index is 0.00273. The number of amides is 1. The Morgan fingerprint density at radius 2 is 1.84 bits per heavy atom. The summed E-state index contributed by atoms with van der Waals surface area (Å²) in [4.78, 5) is 21.2. The molecule has 1 fully saturated rings. The van der Waals surface area contributed by atoms with Crippen LogP contribution in [0.5, 0.6) is 5.75 Å². The Bertz CT molecular complexity index is 1070.